The van der Waals surface area contributed by atoms with Crippen LogP contribution in [0.5, 0.6) is 0 Å². The zero-order valence-corrected chi connectivity index (χ0v) is 12.9. The summed E-state index contributed by atoms with van der Waals surface area (Å²) in [4.78, 5) is 7.29. The van der Waals surface area contributed by atoms with E-state index in [4.69, 9.17) is 4.98 Å². The van der Waals surface area contributed by atoms with Crippen molar-refractivity contribution in [1.82, 2.24) is 14.5 Å². The van der Waals surface area contributed by atoms with Crippen molar-refractivity contribution in [3.63, 3.8) is 0 Å². The Hall–Kier alpha value is -1.55. The molecule has 1 aromatic carbocycles. The molecule has 21 heavy (non-hydrogen) atoms. The fourth-order valence-corrected chi connectivity index (χ4v) is 4.05. The number of rotatable bonds is 1. The molecule has 3 atom stereocenters. The summed E-state index contributed by atoms with van der Waals surface area (Å²) in [5.74, 6) is 2.63. The minimum Gasteiger partial charge on any atom is -0.343 e. The smallest absolute Gasteiger partial charge is 0.206 e. The molecule has 1 aliphatic heterocycles. The van der Waals surface area contributed by atoms with Crippen LogP contribution in [0, 0.1) is 11.8 Å². The number of nitrogens with zero attached hydrogens (tertiary/aromatic N) is 3. The van der Waals surface area contributed by atoms with Crippen LogP contribution in [-0.4, -0.2) is 27.2 Å². The van der Waals surface area contributed by atoms with Crippen LogP contribution in [0.4, 0.5) is 5.95 Å². The third kappa shape index (κ3) is 2.13. The van der Waals surface area contributed by atoms with Gasteiger partial charge in [0.2, 0.25) is 5.95 Å². The second kappa shape index (κ2) is 5.02. The van der Waals surface area contributed by atoms with Crippen LogP contribution < -0.4 is 5.32 Å². The van der Waals surface area contributed by atoms with E-state index < -0.39 is 0 Å². The molecule has 2 aliphatic rings. The summed E-state index contributed by atoms with van der Waals surface area (Å²) in [6, 6.07) is 9.11. The number of fused-ring (bicyclic) bond motifs is 3. The molecule has 4 rings (SSSR count). The Balaban J connectivity index is 1.64. The first-order valence-corrected chi connectivity index (χ1v) is 8.17. The van der Waals surface area contributed by atoms with Crippen molar-refractivity contribution in [2.45, 2.75) is 45.8 Å². The van der Waals surface area contributed by atoms with Gasteiger partial charge in [0.15, 0.2) is 0 Å². The maximum Gasteiger partial charge on any atom is 0.206 e. The van der Waals surface area contributed by atoms with E-state index in [0.717, 1.165) is 36.6 Å². The van der Waals surface area contributed by atoms with Crippen LogP contribution >= 0.6 is 0 Å². The van der Waals surface area contributed by atoms with Gasteiger partial charge in [-0.3, -0.25) is 9.47 Å². The second-order valence-electron chi connectivity index (χ2n) is 6.75. The van der Waals surface area contributed by atoms with Gasteiger partial charge in [-0.1, -0.05) is 38.8 Å². The molecule has 1 N–H and O–H groups in total. The van der Waals surface area contributed by atoms with Crippen molar-refractivity contribution in [3.8, 4) is 0 Å². The van der Waals surface area contributed by atoms with Gasteiger partial charge in [-0.15, -0.1) is 0 Å². The van der Waals surface area contributed by atoms with Gasteiger partial charge in [0.1, 0.15) is 0 Å². The Bertz CT molecular complexity index is 647. The van der Waals surface area contributed by atoms with Crippen molar-refractivity contribution >= 4 is 17.0 Å². The van der Waals surface area contributed by atoms with Crippen molar-refractivity contribution in [1.29, 1.82) is 0 Å². The maximum atomic E-state index is 4.69. The molecule has 0 bridgehead atoms. The van der Waals surface area contributed by atoms with Gasteiger partial charge >= 0.3 is 0 Å². The number of para-hydroxylation sites is 2. The zero-order chi connectivity index (χ0) is 14.4. The summed E-state index contributed by atoms with van der Waals surface area (Å²) in [5.41, 5.74) is 2.33. The number of aromatic nitrogens is 2. The summed E-state index contributed by atoms with van der Waals surface area (Å²) >= 11 is 0. The zero-order valence-electron chi connectivity index (χ0n) is 12.9. The highest BCUT2D eigenvalue weighted by molar-refractivity contribution is 5.78. The molecule has 1 fully saturated rings. The molecule has 2 heterocycles. The number of imidazole rings is 1. The first kappa shape index (κ1) is 13.1. The first-order chi connectivity index (χ1) is 10.2. The minimum atomic E-state index is 0.690. The van der Waals surface area contributed by atoms with E-state index >= 15 is 0 Å². The molecular weight excluding hydrogens is 260 g/mol. The predicted molar refractivity (Wildman–Crippen MR) is 86.0 cm³/mol. The van der Waals surface area contributed by atoms with E-state index in [1.54, 1.807) is 0 Å². The average molecular weight is 284 g/mol. The van der Waals surface area contributed by atoms with Crippen molar-refractivity contribution < 1.29 is 0 Å². The third-order valence-corrected chi connectivity index (χ3v) is 5.55. The molecule has 0 radical (unpaired) electrons. The average Bonchev–Trinajstić information content (AvgIpc) is 2.88. The number of hydrogen-bond donors (Lipinski definition) is 1. The third-order valence-electron chi connectivity index (χ3n) is 5.55. The molecule has 0 spiro atoms. The maximum absolute atomic E-state index is 4.69. The summed E-state index contributed by atoms with van der Waals surface area (Å²) in [7, 11) is 0. The molecule has 0 saturated heterocycles. The quantitative estimate of drug-likeness (QED) is 0.870. The van der Waals surface area contributed by atoms with Crippen molar-refractivity contribution in [3.05, 3.63) is 24.3 Å². The Morgan fingerprint density at radius 1 is 1.19 bits per heavy atom. The van der Waals surface area contributed by atoms with E-state index in [9.17, 15) is 0 Å². The van der Waals surface area contributed by atoms with Gasteiger partial charge in [0.25, 0.3) is 0 Å². The lowest BCUT2D eigenvalue weighted by molar-refractivity contribution is 0.0584. The molecule has 0 amide bonds. The second-order valence-corrected chi connectivity index (χ2v) is 6.75. The van der Waals surface area contributed by atoms with Crippen molar-refractivity contribution in [2.24, 2.45) is 11.8 Å². The lowest BCUT2D eigenvalue weighted by Gasteiger charge is -2.43. The summed E-state index contributed by atoms with van der Waals surface area (Å²) in [6.07, 6.45) is 4.08. The van der Waals surface area contributed by atoms with Crippen LogP contribution in [0.3, 0.4) is 0 Å². The monoisotopic (exact) mass is 284 g/mol. The van der Waals surface area contributed by atoms with Crippen LogP contribution in [0.15, 0.2) is 24.3 Å². The Morgan fingerprint density at radius 2 is 2.05 bits per heavy atom. The molecule has 112 valence electrons. The highest BCUT2D eigenvalue weighted by Crippen LogP contribution is 2.34. The van der Waals surface area contributed by atoms with E-state index in [1.165, 1.54) is 24.8 Å². The van der Waals surface area contributed by atoms with Crippen LogP contribution in [0.25, 0.3) is 11.0 Å². The molecule has 1 aliphatic carbocycles. The highest BCUT2D eigenvalue weighted by atomic mass is 15.4. The SMILES string of the molecule is CC1CCCC(N2CNc3nc4ccccc4n3C2)C1C. The summed E-state index contributed by atoms with van der Waals surface area (Å²) in [5, 5.41) is 3.51. The standard InChI is InChI=1S/C17H24N4/c1-12-6-5-9-15(13(12)2)20-10-18-17-19-14-7-3-4-8-16(14)21(17)11-20/h3-4,7-8,12-13,15H,5-6,9-11H2,1-2H3,(H,18,19). The predicted octanol–water partition coefficient (Wildman–Crippen LogP) is 3.50. The first-order valence-electron chi connectivity index (χ1n) is 8.17. The normalized spacial score (nSPS) is 30.1. The van der Waals surface area contributed by atoms with E-state index in [-0.39, 0.29) is 0 Å². The van der Waals surface area contributed by atoms with Gasteiger partial charge in [0.05, 0.1) is 24.4 Å². The van der Waals surface area contributed by atoms with E-state index in [0.29, 0.717) is 6.04 Å². The highest BCUT2D eigenvalue weighted by Gasteiger charge is 2.33. The van der Waals surface area contributed by atoms with Crippen LogP contribution in [-0.2, 0) is 6.67 Å². The fraction of sp³-hybridized carbons (Fsp3) is 0.588. The van der Waals surface area contributed by atoms with Crippen molar-refractivity contribution in [2.75, 3.05) is 12.0 Å². The molecule has 2 aromatic rings. The molecule has 1 saturated carbocycles. The fourth-order valence-electron chi connectivity index (χ4n) is 4.05. The van der Waals surface area contributed by atoms with Gasteiger partial charge in [-0.05, 0) is 30.4 Å². The van der Waals surface area contributed by atoms with E-state index in [2.05, 4.69) is 52.9 Å². The lowest BCUT2D eigenvalue weighted by atomic mass is 9.77. The number of anilines is 1. The van der Waals surface area contributed by atoms with Gasteiger partial charge < -0.3 is 5.32 Å². The summed E-state index contributed by atoms with van der Waals surface area (Å²) in [6.45, 7) is 6.72. The summed E-state index contributed by atoms with van der Waals surface area (Å²) < 4.78 is 2.32. The van der Waals surface area contributed by atoms with E-state index in [1.807, 2.05) is 0 Å². The van der Waals surface area contributed by atoms with Crippen LogP contribution in [0.1, 0.15) is 33.1 Å². The largest absolute Gasteiger partial charge is 0.343 e. The Kier molecular flexibility index (Phi) is 3.14. The Labute approximate surface area is 126 Å². The number of hydrogen-bond acceptors (Lipinski definition) is 3. The minimum absolute atomic E-state index is 0.690. The van der Waals surface area contributed by atoms with Crippen LogP contribution in [0.2, 0.25) is 0 Å². The molecular formula is C17H24N4. The lowest BCUT2D eigenvalue weighted by Crippen LogP contribution is -2.49. The number of benzene rings is 1. The topological polar surface area (TPSA) is 33.1 Å². The molecule has 1 aromatic heterocycles. The van der Waals surface area contributed by atoms with Gasteiger partial charge in [0, 0.05) is 6.04 Å². The molecule has 3 unspecified atom stereocenters. The van der Waals surface area contributed by atoms with Gasteiger partial charge in [-0.25, -0.2) is 4.98 Å². The van der Waals surface area contributed by atoms with Gasteiger partial charge in [-0.2, -0.15) is 0 Å². The molecule has 4 nitrogen and oxygen atoms in total. The Morgan fingerprint density at radius 3 is 2.95 bits per heavy atom. The number of nitrogens with one attached hydrogen (secondary N) is 1. The molecule has 4 heteroatoms.